The van der Waals surface area contributed by atoms with Crippen LogP contribution in [0.15, 0.2) is 54.6 Å². The van der Waals surface area contributed by atoms with Crippen molar-refractivity contribution in [1.29, 1.82) is 0 Å². The Morgan fingerprint density at radius 2 is 1.77 bits per heavy atom. The topological polar surface area (TPSA) is 72.2 Å². The van der Waals surface area contributed by atoms with E-state index in [1.165, 1.54) is 11.3 Å². The smallest absolute Gasteiger partial charge is 0.251 e. The highest BCUT2D eigenvalue weighted by molar-refractivity contribution is 7.20. The van der Waals surface area contributed by atoms with Gasteiger partial charge in [-0.05, 0) is 36.6 Å². The number of hydrogen-bond acceptors (Lipinski definition) is 3. The van der Waals surface area contributed by atoms with E-state index >= 15 is 0 Å². The van der Waals surface area contributed by atoms with E-state index in [1.54, 1.807) is 6.07 Å². The first-order valence-electron chi connectivity index (χ1n) is 8.29. The van der Waals surface area contributed by atoms with Crippen molar-refractivity contribution in [2.45, 2.75) is 20.3 Å². The quantitative estimate of drug-likeness (QED) is 0.708. The van der Waals surface area contributed by atoms with E-state index in [0.717, 1.165) is 27.1 Å². The number of primary amides is 1. The van der Waals surface area contributed by atoms with Gasteiger partial charge in [0.1, 0.15) is 5.00 Å². The molecule has 26 heavy (non-hydrogen) atoms. The fraction of sp³-hybridized carbons (Fsp3) is 0.143. The van der Waals surface area contributed by atoms with Crippen LogP contribution in [0.3, 0.4) is 0 Å². The van der Waals surface area contributed by atoms with Crippen molar-refractivity contribution >= 4 is 28.2 Å². The fourth-order valence-electron chi connectivity index (χ4n) is 2.75. The van der Waals surface area contributed by atoms with Gasteiger partial charge in [0.05, 0.1) is 12.0 Å². The molecule has 3 N–H and O–H groups in total. The van der Waals surface area contributed by atoms with Crippen LogP contribution >= 0.6 is 11.3 Å². The minimum atomic E-state index is -0.550. The predicted molar refractivity (Wildman–Crippen MR) is 107 cm³/mol. The molecule has 2 amide bonds. The summed E-state index contributed by atoms with van der Waals surface area (Å²) in [5, 5.41) is 3.35. The normalized spacial score (nSPS) is 10.5. The summed E-state index contributed by atoms with van der Waals surface area (Å²) in [6.45, 7) is 3.98. The number of amides is 2. The Morgan fingerprint density at radius 3 is 2.46 bits per heavy atom. The van der Waals surface area contributed by atoms with Gasteiger partial charge in [0.15, 0.2) is 0 Å². The summed E-state index contributed by atoms with van der Waals surface area (Å²) in [4.78, 5) is 25.2. The molecule has 0 aliphatic heterocycles. The number of nitrogens with two attached hydrogens (primary N) is 1. The van der Waals surface area contributed by atoms with E-state index in [-0.39, 0.29) is 12.3 Å². The van der Waals surface area contributed by atoms with Crippen LogP contribution < -0.4 is 11.1 Å². The summed E-state index contributed by atoms with van der Waals surface area (Å²) in [7, 11) is 0. The number of anilines is 1. The van der Waals surface area contributed by atoms with Gasteiger partial charge in [-0.3, -0.25) is 9.59 Å². The molecule has 0 aliphatic rings. The molecule has 5 heteroatoms. The lowest BCUT2D eigenvalue weighted by Crippen LogP contribution is -2.18. The highest BCUT2D eigenvalue weighted by Crippen LogP contribution is 2.35. The van der Waals surface area contributed by atoms with Crippen LogP contribution in [-0.4, -0.2) is 11.8 Å². The van der Waals surface area contributed by atoms with E-state index in [0.29, 0.717) is 10.6 Å². The van der Waals surface area contributed by atoms with E-state index in [1.807, 2.05) is 62.4 Å². The Hall–Kier alpha value is -2.92. The Kier molecular flexibility index (Phi) is 5.19. The van der Waals surface area contributed by atoms with E-state index in [4.69, 9.17) is 5.73 Å². The minimum absolute atomic E-state index is 0.164. The Labute approximate surface area is 156 Å². The number of hydrogen-bond donors (Lipinski definition) is 2. The molecule has 0 fully saturated rings. The monoisotopic (exact) mass is 364 g/mol. The average Bonchev–Trinajstić information content (AvgIpc) is 3.03. The molecule has 0 radical (unpaired) electrons. The van der Waals surface area contributed by atoms with Gasteiger partial charge in [0, 0.05) is 4.88 Å². The largest absolute Gasteiger partial charge is 0.366 e. The molecule has 2 aromatic carbocycles. The minimum Gasteiger partial charge on any atom is -0.366 e. The van der Waals surface area contributed by atoms with Crippen molar-refractivity contribution in [3.05, 3.63) is 76.9 Å². The van der Waals surface area contributed by atoms with Gasteiger partial charge in [-0.1, -0.05) is 54.1 Å². The van der Waals surface area contributed by atoms with Crippen LogP contribution in [0.5, 0.6) is 0 Å². The van der Waals surface area contributed by atoms with Crippen molar-refractivity contribution in [3.8, 4) is 10.4 Å². The fourth-order valence-corrected chi connectivity index (χ4v) is 3.83. The number of nitrogens with one attached hydrogen (secondary N) is 1. The number of carbonyl (C=O) groups is 2. The molecule has 1 aromatic heterocycles. The van der Waals surface area contributed by atoms with Crippen LogP contribution in [0.2, 0.25) is 0 Å². The molecule has 0 aliphatic carbocycles. The van der Waals surface area contributed by atoms with E-state index in [9.17, 15) is 9.59 Å². The third-order valence-corrected chi connectivity index (χ3v) is 5.26. The second kappa shape index (κ2) is 7.54. The predicted octanol–water partition coefficient (Wildman–Crippen LogP) is 4.31. The molecule has 3 aromatic rings. The Morgan fingerprint density at radius 1 is 1.04 bits per heavy atom. The van der Waals surface area contributed by atoms with Crippen LogP contribution in [0.1, 0.15) is 27.0 Å². The number of benzene rings is 2. The number of aryl methyl sites for hydroxylation is 2. The van der Waals surface area contributed by atoms with Gasteiger partial charge in [-0.15, -0.1) is 11.3 Å². The third-order valence-electron chi connectivity index (χ3n) is 4.16. The number of rotatable bonds is 5. The number of thiophene rings is 1. The highest BCUT2D eigenvalue weighted by Gasteiger charge is 2.17. The zero-order valence-corrected chi connectivity index (χ0v) is 15.5. The molecule has 0 atom stereocenters. The summed E-state index contributed by atoms with van der Waals surface area (Å²) in [5.74, 6) is -0.715. The Bertz CT molecular complexity index is 961. The molecular formula is C21H20N2O2S. The van der Waals surface area contributed by atoms with Gasteiger partial charge < -0.3 is 11.1 Å². The molecule has 1 heterocycles. The second-order valence-corrected chi connectivity index (χ2v) is 7.29. The molecule has 132 valence electrons. The summed E-state index contributed by atoms with van der Waals surface area (Å²) < 4.78 is 0. The van der Waals surface area contributed by atoms with Crippen LogP contribution in [0.4, 0.5) is 5.00 Å². The van der Waals surface area contributed by atoms with E-state index in [2.05, 4.69) is 5.32 Å². The highest BCUT2D eigenvalue weighted by atomic mass is 32.1. The van der Waals surface area contributed by atoms with E-state index < -0.39 is 5.91 Å². The molecule has 3 rings (SSSR count). The van der Waals surface area contributed by atoms with Crippen molar-refractivity contribution in [2.75, 3.05) is 5.32 Å². The molecule has 0 saturated carbocycles. The lowest BCUT2D eigenvalue weighted by molar-refractivity contribution is -0.115. The van der Waals surface area contributed by atoms with Gasteiger partial charge >= 0.3 is 0 Å². The van der Waals surface area contributed by atoms with Gasteiger partial charge in [0.2, 0.25) is 5.91 Å². The van der Waals surface area contributed by atoms with Crippen molar-refractivity contribution in [1.82, 2.24) is 0 Å². The third kappa shape index (κ3) is 4.00. The SMILES string of the molecule is Cc1ccc(C)c(CC(=O)Nc2sc(-c3ccccc3)cc2C(N)=O)c1. The van der Waals surface area contributed by atoms with Gasteiger partial charge in [-0.25, -0.2) is 0 Å². The molecule has 0 bridgehead atoms. The maximum absolute atomic E-state index is 12.5. The molecule has 0 unspecified atom stereocenters. The lowest BCUT2D eigenvalue weighted by atomic mass is 10.0. The number of carbonyl (C=O) groups excluding carboxylic acids is 2. The first kappa shape index (κ1) is 17.9. The first-order valence-corrected chi connectivity index (χ1v) is 9.10. The first-order chi connectivity index (χ1) is 12.4. The molecule has 0 saturated heterocycles. The maximum Gasteiger partial charge on any atom is 0.251 e. The van der Waals surface area contributed by atoms with Crippen molar-refractivity contribution in [3.63, 3.8) is 0 Å². The molecule has 0 spiro atoms. The van der Waals surface area contributed by atoms with Crippen LogP contribution in [-0.2, 0) is 11.2 Å². The molecule has 4 nitrogen and oxygen atoms in total. The summed E-state index contributed by atoms with van der Waals surface area (Å²) >= 11 is 1.35. The maximum atomic E-state index is 12.5. The second-order valence-electron chi connectivity index (χ2n) is 6.24. The van der Waals surface area contributed by atoms with Gasteiger partial charge in [-0.2, -0.15) is 0 Å². The average molecular weight is 364 g/mol. The zero-order valence-electron chi connectivity index (χ0n) is 14.7. The standard InChI is InChI=1S/C21H20N2O2S/c1-13-8-9-14(2)16(10-13)11-19(24)23-21-17(20(22)25)12-18(26-21)15-6-4-3-5-7-15/h3-10,12H,11H2,1-2H3,(H2,22,25)(H,23,24). The summed E-state index contributed by atoms with van der Waals surface area (Å²) in [6.07, 6.45) is 0.254. The molecular weight excluding hydrogens is 344 g/mol. The van der Waals surface area contributed by atoms with Gasteiger partial charge in [0.25, 0.3) is 5.91 Å². The summed E-state index contributed by atoms with van der Waals surface area (Å²) in [5.41, 5.74) is 9.96. The lowest BCUT2D eigenvalue weighted by Gasteiger charge is -2.08. The van der Waals surface area contributed by atoms with Crippen molar-refractivity contribution < 1.29 is 9.59 Å². The van der Waals surface area contributed by atoms with Crippen LogP contribution in [0.25, 0.3) is 10.4 Å². The van der Waals surface area contributed by atoms with Crippen molar-refractivity contribution in [2.24, 2.45) is 5.73 Å². The van der Waals surface area contributed by atoms with Crippen LogP contribution in [0, 0.1) is 13.8 Å². The zero-order chi connectivity index (χ0) is 18.7. The Balaban J connectivity index is 1.84. The summed E-state index contributed by atoms with van der Waals surface area (Å²) in [6, 6.07) is 17.5.